The first-order valence-corrected chi connectivity index (χ1v) is 6.83. The van der Waals surface area contributed by atoms with E-state index in [9.17, 15) is 9.59 Å². The van der Waals surface area contributed by atoms with Crippen molar-refractivity contribution >= 4 is 16.7 Å². The van der Waals surface area contributed by atoms with Gasteiger partial charge in [-0.3, -0.25) is 9.59 Å². The van der Waals surface area contributed by atoms with Crippen molar-refractivity contribution in [1.82, 2.24) is 9.88 Å². The van der Waals surface area contributed by atoms with Crippen LogP contribution in [0, 0.1) is 0 Å². The van der Waals surface area contributed by atoms with Crippen LogP contribution < -0.4 is 5.56 Å². The molecular formula is C15H16N2O4. The normalized spacial score (nSPS) is 18.9. The summed E-state index contributed by atoms with van der Waals surface area (Å²) in [6.45, 7) is 1.03. The van der Waals surface area contributed by atoms with Crippen LogP contribution in [0.4, 0.5) is 0 Å². The van der Waals surface area contributed by atoms with Crippen LogP contribution in [0.3, 0.4) is 0 Å². The largest absolute Gasteiger partial charge is 0.394 e. The number of aliphatic hydroxyl groups excluding tert-OH is 1. The number of aromatic amines is 1. The number of aromatic nitrogens is 1. The van der Waals surface area contributed by atoms with Crippen molar-refractivity contribution in [2.45, 2.75) is 6.10 Å². The number of carbonyl (C=O) groups excluding carboxylic acids is 1. The number of pyridine rings is 1. The number of benzene rings is 1. The molecule has 2 heterocycles. The summed E-state index contributed by atoms with van der Waals surface area (Å²) in [5, 5.41) is 10.4. The maximum atomic E-state index is 12.5. The van der Waals surface area contributed by atoms with Crippen molar-refractivity contribution in [3.05, 3.63) is 46.4 Å². The number of ether oxygens (including phenoxy) is 1. The highest BCUT2D eigenvalue weighted by molar-refractivity contribution is 5.96. The van der Waals surface area contributed by atoms with Crippen molar-refractivity contribution in [1.29, 1.82) is 0 Å². The summed E-state index contributed by atoms with van der Waals surface area (Å²) in [6, 6.07) is 8.82. The zero-order valence-corrected chi connectivity index (χ0v) is 11.4. The Morgan fingerprint density at radius 1 is 1.43 bits per heavy atom. The van der Waals surface area contributed by atoms with Gasteiger partial charge in [-0.25, -0.2) is 0 Å². The number of nitrogens with one attached hydrogen (secondary N) is 1. The van der Waals surface area contributed by atoms with Crippen LogP contribution >= 0.6 is 0 Å². The molecule has 1 aromatic carbocycles. The predicted molar refractivity (Wildman–Crippen MR) is 77.3 cm³/mol. The Balaban J connectivity index is 1.93. The third-order valence-corrected chi connectivity index (χ3v) is 3.61. The fourth-order valence-corrected chi connectivity index (χ4v) is 2.51. The van der Waals surface area contributed by atoms with Gasteiger partial charge in [0.1, 0.15) is 5.69 Å². The number of nitrogens with zero attached hydrogens (tertiary/aromatic N) is 1. The minimum atomic E-state index is -0.366. The smallest absolute Gasteiger partial charge is 0.270 e. The molecule has 1 fully saturated rings. The summed E-state index contributed by atoms with van der Waals surface area (Å²) in [7, 11) is 0. The second-order valence-corrected chi connectivity index (χ2v) is 5.03. The molecule has 0 radical (unpaired) electrons. The Hall–Kier alpha value is -2.18. The fourth-order valence-electron chi connectivity index (χ4n) is 2.51. The Kier molecular flexibility index (Phi) is 3.72. The lowest BCUT2D eigenvalue weighted by Gasteiger charge is -2.31. The van der Waals surface area contributed by atoms with Crippen LogP contribution in [-0.4, -0.2) is 53.3 Å². The number of fused-ring (bicyclic) bond motifs is 1. The van der Waals surface area contributed by atoms with E-state index in [4.69, 9.17) is 9.84 Å². The number of hydrogen-bond acceptors (Lipinski definition) is 4. The molecule has 6 heteroatoms. The minimum Gasteiger partial charge on any atom is -0.394 e. The first-order valence-electron chi connectivity index (χ1n) is 6.83. The lowest BCUT2D eigenvalue weighted by atomic mass is 10.1. The number of amides is 1. The molecule has 0 aliphatic carbocycles. The molecule has 6 nitrogen and oxygen atoms in total. The summed E-state index contributed by atoms with van der Waals surface area (Å²) < 4.78 is 5.32. The van der Waals surface area contributed by atoms with Crippen LogP contribution in [0.15, 0.2) is 35.1 Å². The molecule has 110 valence electrons. The van der Waals surface area contributed by atoms with Gasteiger partial charge in [0.2, 0.25) is 0 Å². The molecule has 3 rings (SSSR count). The van der Waals surface area contributed by atoms with Gasteiger partial charge in [0.15, 0.2) is 0 Å². The molecule has 1 atom stereocenters. The molecule has 0 bridgehead atoms. The number of H-pyrrole nitrogens is 1. The van der Waals surface area contributed by atoms with Crippen LogP contribution in [0.25, 0.3) is 10.8 Å². The number of aliphatic hydroxyl groups is 1. The van der Waals surface area contributed by atoms with Crippen molar-refractivity contribution in [3.63, 3.8) is 0 Å². The highest BCUT2D eigenvalue weighted by Crippen LogP contribution is 2.13. The van der Waals surface area contributed by atoms with E-state index < -0.39 is 0 Å². The molecule has 1 unspecified atom stereocenters. The first-order chi connectivity index (χ1) is 10.2. The zero-order chi connectivity index (χ0) is 14.8. The lowest BCUT2D eigenvalue weighted by molar-refractivity contribution is -0.0448. The zero-order valence-electron chi connectivity index (χ0n) is 11.4. The van der Waals surface area contributed by atoms with E-state index >= 15 is 0 Å². The Morgan fingerprint density at radius 2 is 2.24 bits per heavy atom. The number of carbonyl (C=O) groups is 1. The van der Waals surface area contributed by atoms with Crippen LogP contribution in [0.2, 0.25) is 0 Å². The van der Waals surface area contributed by atoms with Crippen molar-refractivity contribution in [2.75, 3.05) is 26.3 Å². The van der Waals surface area contributed by atoms with Gasteiger partial charge in [0.05, 0.1) is 19.3 Å². The Labute approximate surface area is 121 Å². The van der Waals surface area contributed by atoms with E-state index in [-0.39, 0.29) is 29.9 Å². The Bertz CT molecular complexity index is 725. The lowest BCUT2D eigenvalue weighted by Crippen LogP contribution is -2.47. The topological polar surface area (TPSA) is 82.6 Å². The molecule has 0 saturated carbocycles. The molecule has 2 N–H and O–H groups in total. The molecule has 1 saturated heterocycles. The van der Waals surface area contributed by atoms with Gasteiger partial charge in [-0.15, -0.1) is 0 Å². The molecule has 1 aliphatic heterocycles. The summed E-state index contributed by atoms with van der Waals surface area (Å²) in [5.74, 6) is -0.250. The van der Waals surface area contributed by atoms with Gasteiger partial charge in [-0.2, -0.15) is 0 Å². The van der Waals surface area contributed by atoms with Gasteiger partial charge in [0.25, 0.3) is 11.5 Å². The molecule has 1 amide bonds. The highest BCUT2D eigenvalue weighted by Gasteiger charge is 2.25. The monoisotopic (exact) mass is 288 g/mol. The van der Waals surface area contributed by atoms with E-state index in [0.717, 1.165) is 5.39 Å². The second-order valence-electron chi connectivity index (χ2n) is 5.03. The van der Waals surface area contributed by atoms with Gasteiger partial charge in [-0.05, 0) is 17.5 Å². The summed E-state index contributed by atoms with van der Waals surface area (Å²) in [6.07, 6.45) is -0.366. The quantitative estimate of drug-likeness (QED) is 0.836. The van der Waals surface area contributed by atoms with Crippen LogP contribution in [0.5, 0.6) is 0 Å². The number of rotatable bonds is 2. The predicted octanol–water partition coefficient (Wildman–Crippen LogP) is 0.361. The third-order valence-electron chi connectivity index (χ3n) is 3.61. The number of hydrogen-bond donors (Lipinski definition) is 2. The van der Waals surface area contributed by atoms with E-state index in [2.05, 4.69) is 4.98 Å². The average Bonchev–Trinajstić information content (AvgIpc) is 2.54. The summed E-state index contributed by atoms with van der Waals surface area (Å²) in [4.78, 5) is 28.7. The van der Waals surface area contributed by atoms with E-state index in [1.54, 1.807) is 29.2 Å². The minimum absolute atomic E-state index is 0.127. The molecule has 2 aromatic rings. The third kappa shape index (κ3) is 2.68. The van der Waals surface area contributed by atoms with Crippen molar-refractivity contribution in [3.8, 4) is 0 Å². The number of morpholine rings is 1. The SMILES string of the molecule is O=C(c1cc2ccccc2c(=O)[nH]1)N1CCOC(CO)C1. The van der Waals surface area contributed by atoms with Gasteiger partial charge in [-0.1, -0.05) is 18.2 Å². The van der Waals surface area contributed by atoms with Crippen molar-refractivity contribution in [2.24, 2.45) is 0 Å². The summed E-state index contributed by atoms with van der Waals surface area (Å²) >= 11 is 0. The van der Waals surface area contributed by atoms with Crippen LogP contribution in [0.1, 0.15) is 10.5 Å². The second kappa shape index (κ2) is 5.67. The average molecular weight is 288 g/mol. The molecule has 1 aliphatic rings. The summed E-state index contributed by atoms with van der Waals surface area (Å²) in [5.41, 5.74) is -0.0132. The molecule has 21 heavy (non-hydrogen) atoms. The molecular weight excluding hydrogens is 272 g/mol. The van der Waals surface area contributed by atoms with E-state index in [0.29, 0.717) is 25.1 Å². The molecule has 0 spiro atoms. The van der Waals surface area contributed by atoms with Crippen LogP contribution in [-0.2, 0) is 4.74 Å². The van der Waals surface area contributed by atoms with E-state index in [1.165, 1.54) is 0 Å². The Morgan fingerprint density at radius 3 is 3.05 bits per heavy atom. The maximum Gasteiger partial charge on any atom is 0.270 e. The maximum absolute atomic E-state index is 12.5. The van der Waals surface area contributed by atoms with Crippen molar-refractivity contribution < 1.29 is 14.6 Å². The van der Waals surface area contributed by atoms with Gasteiger partial charge < -0.3 is 19.7 Å². The fraction of sp³-hybridized carbons (Fsp3) is 0.333. The highest BCUT2D eigenvalue weighted by atomic mass is 16.5. The van der Waals surface area contributed by atoms with E-state index in [1.807, 2.05) is 6.07 Å². The standard InChI is InChI=1S/C15H16N2O4/c18-9-11-8-17(5-6-21-11)15(20)13-7-10-3-1-2-4-12(10)14(19)16-13/h1-4,7,11,18H,5-6,8-9H2,(H,16,19). The van der Waals surface area contributed by atoms with Gasteiger partial charge in [0, 0.05) is 18.5 Å². The van der Waals surface area contributed by atoms with Gasteiger partial charge >= 0.3 is 0 Å². The first kappa shape index (κ1) is 13.8. The molecule has 1 aromatic heterocycles.